The standard InChI is InChI=1S/C16H15ClN2O4/c1-9(2)23-15-13(17)7-12(8-18-15)19-14(20)10-3-5-11(6-4-10)16(21)22/h3-9H,1-2H3,(H,19,20)(H,21,22). The molecule has 0 aliphatic heterocycles. The second-order valence-corrected chi connectivity index (χ2v) is 5.42. The van der Waals surface area contributed by atoms with Crippen molar-refractivity contribution < 1.29 is 19.4 Å². The van der Waals surface area contributed by atoms with Gasteiger partial charge in [0, 0.05) is 5.56 Å². The topological polar surface area (TPSA) is 88.5 Å². The average molecular weight is 335 g/mol. The van der Waals surface area contributed by atoms with Crippen molar-refractivity contribution in [3.05, 3.63) is 52.7 Å². The van der Waals surface area contributed by atoms with E-state index in [2.05, 4.69) is 10.3 Å². The monoisotopic (exact) mass is 334 g/mol. The maximum Gasteiger partial charge on any atom is 0.335 e. The first-order valence-corrected chi connectivity index (χ1v) is 7.21. The molecular formula is C16H15ClN2O4. The Bertz CT molecular complexity index is 729. The van der Waals surface area contributed by atoms with Crippen LogP contribution < -0.4 is 10.1 Å². The average Bonchev–Trinajstić information content (AvgIpc) is 2.49. The van der Waals surface area contributed by atoms with E-state index >= 15 is 0 Å². The van der Waals surface area contributed by atoms with Crippen molar-refractivity contribution in [3.8, 4) is 5.88 Å². The van der Waals surface area contributed by atoms with Gasteiger partial charge in [0.2, 0.25) is 5.88 Å². The number of carboxylic acids is 1. The fraction of sp³-hybridized carbons (Fsp3) is 0.188. The van der Waals surface area contributed by atoms with Gasteiger partial charge in [0.25, 0.3) is 5.91 Å². The van der Waals surface area contributed by atoms with Crippen LogP contribution in [0.4, 0.5) is 5.69 Å². The van der Waals surface area contributed by atoms with Gasteiger partial charge < -0.3 is 15.2 Å². The lowest BCUT2D eigenvalue weighted by Crippen LogP contribution is -2.13. The van der Waals surface area contributed by atoms with Gasteiger partial charge in [-0.2, -0.15) is 0 Å². The molecule has 7 heteroatoms. The maximum atomic E-state index is 12.1. The molecular weight excluding hydrogens is 320 g/mol. The molecule has 0 bridgehead atoms. The summed E-state index contributed by atoms with van der Waals surface area (Å²) < 4.78 is 5.41. The van der Waals surface area contributed by atoms with Gasteiger partial charge in [-0.15, -0.1) is 0 Å². The number of halogens is 1. The summed E-state index contributed by atoms with van der Waals surface area (Å²) in [6, 6.07) is 7.13. The second-order valence-electron chi connectivity index (χ2n) is 5.01. The van der Waals surface area contributed by atoms with Crippen LogP contribution in [0.15, 0.2) is 36.5 Å². The summed E-state index contributed by atoms with van der Waals surface area (Å²) in [6.07, 6.45) is 1.38. The molecule has 1 aromatic heterocycles. The fourth-order valence-electron chi connectivity index (χ4n) is 1.77. The van der Waals surface area contributed by atoms with Crippen molar-refractivity contribution in [3.63, 3.8) is 0 Å². The highest BCUT2D eigenvalue weighted by Crippen LogP contribution is 2.25. The minimum atomic E-state index is -1.05. The highest BCUT2D eigenvalue weighted by atomic mass is 35.5. The lowest BCUT2D eigenvalue weighted by atomic mass is 10.1. The largest absolute Gasteiger partial charge is 0.478 e. The number of carbonyl (C=O) groups excluding carboxylic acids is 1. The molecule has 6 nitrogen and oxygen atoms in total. The molecule has 23 heavy (non-hydrogen) atoms. The number of hydrogen-bond donors (Lipinski definition) is 2. The van der Waals surface area contributed by atoms with E-state index in [0.29, 0.717) is 17.1 Å². The number of aromatic carboxylic acids is 1. The Morgan fingerprint density at radius 1 is 1.22 bits per heavy atom. The molecule has 1 heterocycles. The Kier molecular flexibility index (Phi) is 5.18. The van der Waals surface area contributed by atoms with Crippen LogP contribution in [0, 0.1) is 0 Å². The molecule has 0 aliphatic rings. The summed E-state index contributed by atoms with van der Waals surface area (Å²) in [5, 5.41) is 11.8. The number of aromatic nitrogens is 1. The molecule has 0 atom stereocenters. The summed E-state index contributed by atoms with van der Waals surface area (Å²) in [4.78, 5) is 26.9. The number of pyridine rings is 1. The summed E-state index contributed by atoms with van der Waals surface area (Å²) >= 11 is 6.05. The minimum absolute atomic E-state index is 0.0619. The number of carboxylic acid groups (broad SMARTS) is 1. The third kappa shape index (κ3) is 4.43. The molecule has 1 aromatic carbocycles. The van der Waals surface area contributed by atoms with Crippen LogP contribution in [0.5, 0.6) is 5.88 Å². The molecule has 120 valence electrons. The quantitative estimate of drug-likeness (QED) is 0.874. The smallest absolute Gasteiger partial charge is 0.335 e. The fourth-order valence-corrected chi connectivity index (χ4v) is 1.98. The first-order chi connectivity index (χ1) is 10.9. The van der Waals surface area contributed by atoms with Crippen molar-refractivity contribution in [2.24, 2.45) is 0 Å². The van der Waals surface area contributed by atoms with E-state index in [9.17, 15) is 9.59 Å². The molecule has 2 rings (SSSR count). The number of hydrogen-bond acceptors (Lipinski definition) is 4. The zero-order valence-electron chi connectivity index (χ0n) is 12.5. The van der Waals surface area contributed by atoms with Gasteiger partial charge in [-0.25, -0.2) is 9.78 Å². The van der Waals surface area contributed by atoms with Gasteiger partial charge in [-0.05, 0) is 44.2 Å². The lowest BCUT2D eigenvalue weighted by molar-refractivity contribution is 0.0696. The zero-order valence-corrected chi connectivity index (χ0v) is 13.3. The van der Waals surface area contributed by atoms with Gasteiger partial charge in [0.1, 0.15) is 5.02 Å². The number of carbonyl (C=O) groups is 2. The second kappa shape index (κ2) is 7.11. The highest BCUT2D eigenvalue weighted by Gasteiger charge is 2.11. The molecule has 0 saturated heterocycles. The molecule has 2 aromatic rings. The third-order valence-electron chi connectivity index (χ3n) is 2.81. The molecule has 1 amide bonds. The molecule has 2 N–H and O–H groups in total. The van der Waals surface area contributed by atoms with E-state index < -0.39 is 11.9 Å². The van der Waals surface area contributed by atoms with Crippen molar-refractivity contribution in [2.75, 3.05) is 5.32 Å². The SMILES string of the molecule is CC(C)Oc1ncc(NC(=O)c2ccc(C(=O)O)cc2)cc1Cl. The molecule has 0 fully saturated rings. The molecule has 0 spiro atoms. The van der Waals surface area contributed by atoms with E-state index in [1.165, 1.54) is 36.5 Å². The van der Waals surface area contributed by atoms with Crippen molar-refractivity contribution in [1.82, 2.24) is 4.98 Å². The summed E-state index contributed by atoms with van der Waals surface area (Å²) in [7, 11) is 0. The van der Waals surface area contributed by atoms with E-state index in [-0.39, 0.29) is 16.7 Å². The summed E-state index contributed by atoms with van der Waals surface area (Å²) in [5.41, 5.74) is 0.855. The Morgan fingerprint density at radius 3 is 2.35 bits per heavy atom. The predicted octanol–water partition coefficient (Wildman–Crippen LogP) is 3.47. The zero-order chi connectivity index (χ0) is 17.0. The number of nitrogens with one attached hydrogen (secondary N) is 1. The number of ether oxygens (including phenoxy) is 1. The number of rotatable bonds is 5. The van der Waals surface area contributed by atoms with Crippen molar-refractivity contribution >= 4 is 29.2 Å². The number of nitrogens with zero attached hydrogens (tertiary/aromatic N) is 1. The number of amides is 1. The van der Waals surface area contributed by atoms with Crippen LogP contribution in [-0.2, 0) is 0 Å². The van der Waals surface area contributed by atoms with E-state index in [1.807, 2.05) is 13.8 Å². The molecule has 0 saturated carbocycles. The van der Waals surface area contributed by atoms with Crippen LogP contribution in [-0.4, -0.2) is 28.1 Å². The Labute approximate surface area is 138 Å². The van der Waals surface area contributed by atoms with Crippen LogP contribution in [0.1, 0.15) is 34.6 Å². The van der Waals surface area contributed by atoms with Gasteiger partial charge >= 0.3 is 5.97 Å². The normalized spacial score (nSPS) is 10.4. The van der Waals surface area contributed by atoms with E-state index in [0.717, 1.165) is 0 Å². The van der Waals surface area contributed by atoms with Crippen LogP contribution in [0.25, 0.3) is 0 Å². The Hall–Kier alpha value is -2.60. The van der Waals surface area contributed by atoms with Crippen LogP contribution >= 0.6 is 11.6 Å². The van der Waals surface area contributed by atoms with E-state index in [4.69, 9.17) is 21.4 Å². The van der Waals surface area contributed by atoms with Gasteiger partial charge in [0.15, 0.2) is 0 Å². The molecule has 0 radical (unpaired) electrons. The van der Waals surface area contributed by atoms with Crippen LogP contribution in [0.2, 0.25) is 5.02 Å². The minimum Gasteiger partial charge on any atom is -0.478 e. The third-order valence-corrected chi connectivity index (χ3v) is 3.08. The van der Waals surface area contributed by atoms with Gasteiger partial charge in [-0.3, -0.25) is 4.79 Å². The Balaban J connectivity index is 2.10. The summed E-state index contributed by atoms with van der Waals surface area (Å²) in [5.74, 6) is -1.14. The van der Waals surface area contributed by atoms with Crippen molar-refractivity contribution in [1.29, 1.82) is 0 Å². The van der Waals surface area contributed by atoms with Gasteiger partial charge in [-0.1, -0.05) is 11.6 Å². The predicted molar refractivity (Wildman–Crippen MR) is 86.4 cm³/mol. The molecule has 0 aliphatic carbocycles. The van der Waals surface area contributed by atoms with E-state index in [1.54, 1.807) is 0 Å². The maximum absolute atomic E-state index is 12.1. The molecule has 0 unspecified atom stereocenters. The number of anilines is 1. The van der Waals surface area contributed by atoms with Crippen molar-refractivity contribution in [2.45, 2.75) is 20.0 Å². The first-order valence-electron chi connectivity index (χ1n) is 6.83. The number of benzene rings is 1. The highest BCUT2D eigenvalue weighted by molar-refractivity contribution is 6.32. The Morgan fingerprint density at radius 2 is 1.83 bits per heavy atom. The first kappa shape index (κ1) is 16.8. The summed E-state index contributed by atoms with van der Waals surface area (Å²) in [6.45, 7) is 3.71. The lowest BCUT2D eigenvalue weighted by Gasteiger charge is -2.11. The van der Waals surface area contributed by atoms with Crippen LogP contribution in [0.3, 0.4) is 0 Å². The van der Waals surface area contributed by atoms with Gasteiger partial charge in [0.05, 0.1) is 23.6 Å².